The highest BCUT2D eigenvalue weighted by molar-refractivity contribution is 6.31. The molecule has 0 spiro atoms. The Kier molecular flexibility index (Phi) is 9.36. The Morgan fingerprint density at radius 2 is 1.69 bits per heavy atom. The van der Waals surface area contributed by atoms with Crippen LogP contribution in [0.15, 0.2) is 41.4 Å². The second kappa shape index (κ2) is 12.4. The number of nitrogens with one attached hydrogen (secondary N) is 3. The number of halogens is 4. The van der Waals surface area contributed by atoms with Crippen molar-refractivity contribution in [1.82, 2.24) is 16.0 Å². The molecule has 0 heterocycles. The van der Waals surface area contributed by atoms with Crippen molar-refractivity contribution < 1.29 is 27.5 Å². The zero-order chi connectivity index (χ0) is 25.4. The van der Waals surface area contributed by atoms with Gasteiger partial charge in [-0.3, -0.25) is 4.79 Å². The molecule has 7 nitrogen and oxygen atoms in total. The zero-order valence-electron chi connectivity index (χ0n) is 19.0. The van der Waals surface area contributed by atoms with Gasteiger partial charge in [0.15, 0.2) is 17.6 Å². The molecule has 1 aliphatic carbocycles. The molecule has 1 fully saturated rings. The second-order valence-electron chi connectivity index (χ2n) is 8.04. The van der Waals surface area contributed by atoms with Gasteiger partial charge in [0.25, 0.3) is 5.91 Å². The van der Waals surface area contributed by atoms with Crippen molar-refractivity contribution >= 4 is 29.6 Å². The van der Waals surface area contributed by atoms with E-state index >= 15 is 0 Å². The first kappa shape index (κ1) is 26.3. The molecule has 188 valence electrons. The number of rotatable bonds is 6. The molecular weight excluding hydrogens is 485 g/mol. The number of benzene rings is 2. The predicted octanol–water partition coefficient (Wildman–Crippen LogP) is 4.69. The summed E-state index contributed by atoms with van der Waals surface area (Å²) in [5.41, 5.74) is 0.456. The van der Waals surface area contributed by atoms with Gasteiger partial charge < -0.3 is 20.7 Å². The summed E-state index contributed by atoms with van der Waals surface area (Å²) in [6, 6.07) is 6.63. The highest BCUT2D eigenvalue weighted by atomic mass is 35.5. The summed E-state index contributed by atoms with van der Waals surface area (Å²) in [7, 11) is 0. The first-order valence-electron chi connectivity index (χ1n) is 11.2. The van der Waals surface area contributed by atoms with Gasteiger partial charge in [-0.05, 0) is 68.5 Å². The van der Waals surface area contributed by atoms with Crippen LogP contribution in [-0.4, -0.2) is 36.7 Å². The lowest BCUT2D eigenvalue weighted by Crippen LogP contribution is -2.47. The normalized spacial score (nSPS) is 18.0. The molecule has 2 amide bonds. The van der Waals surface area contributed by atoms with Gasteiger partial charge in [-0.25, -0.2) is 18.0 Å². The van der Waals surface area contributed by atoms with Crippen LogP contribution in [0.4, 0.5) is 18.0 Å². The maximum atomic E-state index is 13.6. The van der Waals surface area contributed by atoms with Crippen molar-refractivity contribution in [2.45, 2.75) is 51.2 Å². The lowest BCUT2D eigenvalue weighted by Gasteiger charge is -2.30. The molecule has 1 saturated carbocycles. The van der Waals surface area contributed by atoms with Crippen molar-refractivity contribution in [3.63, 3.8) is 0 Å². The van der Waals surface area contributed by atoms with Crippen molar-refractivity contribution in [3.05, 3.63) is 70.0 Å². The van der Waals surface area contributed by atoms with Crippen molar-refractivity contribution in [2.24, 2.45) is 4.99 Å². The summed E-state index contributed by atoms with van der Waals surface area (Å²) in [6.07, 6.45) is 2.26. The van der Waals surface area contributed by atoms with E-state index < -0.39 is 29.5 Å². The van der Waals surface area contributed by atoms with Gasteiger partial charge in [0, 0.05) is 29.2 Å². The molecule has 35 heavy (non-hydrogen) atoms. The Balaban J connectivity index is 1.69. The minimum atomic E-state index is -1.15. The third-order valence-corrected chi connectivity index (χ3v) is 5.86. The van der Waals surface area contributed by atoms with Gasteiger partial charge in [-0.2, -0.15) is 4.99 Å². The Morgan fingerprint density at radius 1 is 1.00 bits per heavy atom. The van der Waals surface area contributed by atoms with Crippen LogP contribution in [0.1, 0.15) is 48.5 Å². The number of alkyl carbamates (subject to hydrolysis) is 1. The van der Waals surface area contributed by atoms with Crippen molar-refractivity contribution in [2.75, 3.05) is 6.61 Å². The molecule has 0 aliphatic heterocycles. The molecule has 11 heteroatoms. The monoisotopic (exact) mass is 510 g/mol. The van der Waals surface area contributed by atoms with E-state index in [1.54, 1.807) is 6.92 Å². The molecule has 0 bridgehead atoms. The fraction of sp³-hybridized carbons (Fsp3) is 0.375. The molecule has 0 radical (unpaired) electrons. The number of hydrogen-bond acceptors (Lipinski definition) is 3. The molecule has 1 aliphatic rings. The summed E-state index contributed by atoms with van der Waals surface area (Å²) in [6.45, 7) is 2.16. The lowest BCUT2D eigenvalue weighted by atomic mass is 9.91. The molecule has 0 unspecified atom stereocenters. The molecule has 3 rings (SSSR count). The van der Waals surface area contributed by atoms with Crippen LogP contribution in [-0.2, 0) is 11.3 Å². The smallest absolute Gasteiger partial charge is 0.407 e. The summed E-state index contributed by atoms with van der Waals surface area (Å²) in [4.78, 5) is 28.3. The number of carbonyl (C=O) groups excluding carboxylic acids is 2. The maximum absolute atomic E-state index is 13.6. The number of carbonyl (C=O) groups is 2. The fourth-order valence-corrected chi connectivity index (χ4v) is 3.91. The average molecular weight is 511 g/mol. The van der Waals surface area contributed by atoms with Crippen LogP contribution in [0.25, 0.3) is 0 Å². The van der Waals surface area contributed by atoms with E-state index in [0.717, 1.165) is 18.2 Å². The maximum Gasteiger partial charge on any atom is 0.407 e. The van der Waals surface area contributed by atoms with E-state index in [9.17, 15) is 22.8 Å². The SMILES string of the molecule is CCOC(=O)N[C@H]1CC[C@H](N/C(=N\C(=O)c2ccc(F)c(F)c2)NCc2ccc(F)cc2Cl)CC1. The molecule has 2 aromatic rings. The Hall–Kier alpha value is -3.27. The summed E-state index contributed by atoms with van der Waals surface area (Å²) in [5.74, 6) is -3.36. The summed E-state index contributed by atoms with van der Waals surface area (Å²) in [5, 5.41) is 9.17. The number of aliphatic imine (C=N–C) groups is 1. The number of guanidine groups is 1. The van der Waals surface area contributed by atoms with E-state index in [0.29, 0.717) is 31.2 Å². The van der Waals surface area contributed by atoms with Gasteiger partial charge in [0.1, 0.15) is 5.82 Å². The van der Waals surface area contributed by atoms with Gasteiger partial charge in [0.05, 0.1) is 6.61 Å². The highest BCUT2D eigenvalue weighted by Crippen LogP contribution is 2.20. The van der Waals surface area contributed by atoms with Crippen LogP contribution >= 0.6 is 11.6 Å². The third kappa shape index (κ3) is 7.88. The number of hydrogen-bond donors (Lipinski definition) is 3. The Morgan fingerprint density at radius 3 is 2.31 bits per heavy atom. The second-order valence-corrected chi connectivity index (χ2v) is 8.45. The molecule has 3 N–H and O–H groups in total. The summed E-state index contributed by atoms with van der Waals surface area (Å²) < 4.78 is 45.1. The van der Waals surface area contributed by atoms with Crippen LogP contribution in [0.2, 0.25) is 5.02 Å². The molecule has 0 saturated heterocycles. The quantitative estimate of drug-likeness (QED) is 0.387. The topological polar surface area (TPSA) is 91.8 Å². The van der Waals surface area contributed by atoms with Gasteiger partial charge in [-0.1, -0.05) is 17.7 Å². The highest BCUT2D eigenvalue weighted by Gasteiger charge is 2.24. The Labute approximate surface area is 206 Å². The largest absolute Gasteiger partial charge is 0.450 e. The molecule has 2 aromatic carbocycles. The van der Waals surface area contributed by atoms with Crippen molar-refractivity contribution in [1.29, 1.82) is 0 Å². The first-order chi connectivity index (χ1) is 16.7. The Bertz CT molecular complexity index is 1090. The van der Waals surface area contributed by atoms with Gasteiger partial charge >= 0.3 is 6.09 Å². The minimum Gasteiger partial charge on any atom is -0.450 e. The van der Waals surface area contributed by atoms with E-state index in [4.69, 9.17) is 16.3 Å². The lowest BCUT2D eigenvalue weighted by molar-refractivity contribution is 0.100. The molecule has 0 atom stereocenters. The van der Waals surface area contributed by atoms with Gasteiger partial charge in [-0.15, -0.1) is 0 Å². The van der Waals surface area contributed by atoms with Crippen molar-refractivity contribution in [3.8, 4) is 0 Å². The van der Waals surface area contributed by atoms with Crippen LogP contribution in [0.5, 0.6) is 0 Å². The zero-order valence-corrected chi connectivity index (χ0v) is 19.8. The van der Waals surface area contributed by atoms with Gasteiger partial charge in [0.2, 0.25) is 0 Å². The molecular formula is C24H26ClF3N4O3. The third-order valence-electron chi connectivity index (χ3n) is 5.51. The van der Waals surface area contributed by atoms with E-state index in [1.165, 1.54) is 18.2 Å². The van der Waals surface area contributed by atoms with Crippen LogP contribution in [0.3, 0.4) is 0 Å². The fourth-order valence-electron chi connectivity index (χ4n) is 3.68. The minimum absolute atomic E-state index is 0.0257. The van der Waals surface area contributed by atoms with Crippen LogP contribution < -0.4 is 16.0 Å². The number of amides is 2. The standard InChI is InChI=1S/C24H26ClF3N4O3/c1-2-35-24(34)31-18-8-6-17(7-9-18)30-23(29-13-15-3-5-16(26)12-19(15)25)32-22(33)14-4-10-20(27)21(28)11-14/h3-5,10-12,17-18H,2,6-9,13H2,1H3,(H,31,34)(H2,29,30,32,33)/t17-,18-. The predicted molar refractivity (Wildman–Crippen MR) is 126 cm³/mol. The van der Waals surface area contributed by atoms with E-state index in [-0.39, 0.29) is 41.8 Å². The molecule has 0 aromatic heterocycles. The number of nitrogens with zero attached hydrogens (tertiary/aromatic N) is 1. The van der Waals surface area contributed by atoms with E-state index in [2.05, 4.69) is 20.9 Å². The first-order valence-corrected chi connectivity index (χ1v) is 11.6. The average Bonchev–Trinajstić information content (AvgIpc) is 2.81. The van der Waals surface area contributed by atoms with E-state index in [1.807, 2.05) is 0 Å². The number of ether oxygens (including phenoxy) is 1. The summed E-state index contributed by atoms with van der Waals surface area (Å²) >= 11 is 6.09. The van der Waals surface area contributed by atoms with Crippen LogP contribution in [0, 0.1) is 17.5 Å².